The van der Waals surface area contributed by atoms with Crippen LogP contribution in [0.1, 0.15) is 34.7 Å². The number of aryl methyl sites for hydroxylation is 1. The predicted octanol–water partition coefficient (Wildman–Crippen LogP) is 3.02. The lowest BCUT2D eigenvalue weighted by Crippen LogP contribution is -2.38. The lowest BCUT2D eigenvalue weighted by molar-refractivity contribution is -0.124. The topological polar surface area (TPSA) is 90.2 Å². The third-order valence-corrected chi connectivity index (χ3v) is 7.88. The molecule has 1 fully saturated rings. The Hall–Kier alpha value is -3.01. The molecule has 2 aromatic carbocycles. The number of ether oxygens (including phenoxy) is 1. The summed E-state index contributed by atoms with van der Waals surface area (Å²) < 4.78 is 7.89. The fraction of sp³-hybridized carbons (Fsp3) is 0.433. The smallest absolute Gasteiger partial charge is 0.267 e. The molecule has 0 spiro atoms. The number of hydrogen-bond acceptors (Lipinski definition) is 6. The quantitative estimate of drug-likeness (QED) is 0.205. The largest absolute Gasteiger partial charge is 0.395 e. The van der Waals surface area contributed by atoms with Gasteiger partial charge < -0.3 is 14.4 Å². The zero-order chi connectivity index (χ0) is 26.3. The molecule has 1 atom stereocenters. The molecular formula is C30H38N4O4. The zero-order valence-electron chi connectivity index (χ0n) is 21.9. The molecule has 8 nitrogen and oxygen atoms in total. The highest BCUT2D eigenvalue weighted by Gasteiger charge is 2.28. The Balaban J connectivity index is 1.28. The first-order chi connectivity index (χ1) is 18.7. The second-order valence-corrected chi connectivity index (χ2v) is 10.2. The molecule has 2 aliphatic rings. The van der Waals surface area contributed by atoms with Gasteiger partial charge in [-0.2, -0.15) is 0 Å². The Kier molecular flexibility index (Phi) is 8.88. The van der Waals surface area contributed by atoms with Crippen LogP contribution >= 0.6 is 0 Å². The van der Waals surface area contributed by atoms with Gasteiger partial charge in [0.2, 0.25) is 0 Å². The minimum absolute atomic E-state index is 0.129. The highest BCUT2D eigenvalue weighted by molar-refractivity contribution is 5.90. The van der Waals surface area contributed by atoms with Crippen LogP contribution in [-0.2, 0) is 28.9 Å². The van der Waals surface area contributed by atoms with Gasteiger partial charge in [0.15, 0.2) is 0 Å². The van der Waals surface area contributed by atoms with Crippen molar-refractivity contribution in [3.63, 3.8) is 0 Å². The van der Waals surface area contributed by atoms with Gasteiger partial charge in [0.05, 0.1) is 19.8 Å². The number of rotatable bonds is 11. The van der Waals surface area contributed by atoms with Gasteiger partial charge in [-0.25, -0.2) is 5.48 Å². The highest BCUT2D eigenvalue weighted by Crippen LogP contribution is 2.36. The normalized spacial score (nSPS) is 18.0. The number of benzene rings is 2. The molecule has 202 valence electrons. The van der Waals surface area contributed by atoms with Gasteiger partial charge in [0.25, 0.3) is 5.91 Å². The number of hydrogen-bond donors (Lipinski definition) is 3. The van der Waals surface area contributed by atoms with Crippen LogP contribution in [0.3, 0.4) is 0 Å². The van der Waals surface area contributed by atoms with Crippen molar-refractivity contribution < 1.29 is 19.8 Å². The Morgan fingerprint density at radius 1 is 1.13 bits per heavy atom. The van der Waals surface area contributed by atoms with Crippen LogP contribution in [0.5, 0.6) is 0 Å². The molecule has 1 unspecified atom stereocenters. The van der Waals surface area contributed by atoms with Crippen LogP contribution in [0.25, 0.3) is 17.0 Å². The van der Waals surface area contributed by atoms with Crippen molar-refractivity contribution in [2.75, 3.05) is 52.5 Å². The molecule has 3 N–H and O–H groups in total. The minimum atomic E-state index is -0.542. The van der Waals surface area contributed by atoms with Crippen molar-refractivity contribution in [2.24, 2.45) is 0 Å². The molecule has 38 heavy (non-hydrogen) atoms. The van der Waals surface area contributed by atoms with Crippen molar-refractivity contribution in [1.29, 1.82) is 0 Å². The standard InChI is InChI=1S/C30H38N4O4/c35-18-15-33(29-9-7-24-21-23(5-8-27(24)29)6-10-30(36)31-37)12-11-25-22-34(28-4-2-1-3-26(25)28)14-13-32-16-19-38-20-17-32/h1-6,8,10,21-22,29,35,37H,7,9,11-20H2,(H,31,36)/b10-6+. The van der Waals surface area contributed by atoms with Gasteiger partial charge in [-0.3, -0.25) is 19.8 Å². The molecule has 1 amide bonds. The third-order valence-electron chi connectivity index (χ3n) is 7.88. The lowest BCUT2D eigenvalue weighted by atomic mass is 10.0. The van der Waals surface area contributed by atoms with E-state index in [0.29, 0.717) is 6.54 Å². The number of nitrogens with one attached hydrogen (secondary N) is 1. The number of nitrogens with zero attached hydrogens (tertiary/aromatic N) is 3. The Morgan fingerprint density at radius 2 is 1.97 bits per heavy atom. The van der Waals surface area contributed by atoms with E-state index in [9.17, 15) is 9.90 Å². The monoisotopic (exact) mass is 518 g/mol. The molecule has 1 aromatic heterocycles. The summed E-state index contributed by atoms with van der Waals surface area (Å²) in [5, 5.41) is 19.9. The van der Waals surface area contributed by atoms with Crippen LogP contribution in [0.15, 0.2) is 54.7 Å². The van der Waals surface area contributed by atoms with Gasteiger partial charge in [-0.15, -0.1) is 0 Å². The molecule has 5 rings (SSSR count). The molecule has 3 aromatic rings. The van der Waals surface area contributed by atoms with Crippen LogP contribution in [0.2, 0.25) is 0 Å². The van der Waals surface area contributed by atoms with E-state index in [4.69, 9.17) is 9.94 Å². The second kappa shape index (κ2) is 12.7. The molecule has 0 saturated carbocycles. The summed E-state index contributed by atoms with van der Waals surface area (Å²) in [6.07, 6.45) is 8.26. The first-order valence-electron chi connectivity index (χ1n) is 13.6. The molecule has 0 radical (unpaired) electrons. The number of amides is 1. The SMILES string of the molecule is O=C(/C=C/c1ccc2c(c1)CCC2N(CCO)CCc1cn(CCN2CCOCC2)c2ccccc12)NO. The molecule has 1 saturated heterocycles. The van der Waals surface area contributed by atoms with Gasteiger partial charge in [0, 0.05) is 68.5 Å². The molecular weight excluding hydrogens is 480 g/mol. The maximum Gasteiger partial charge on any atom is 0.267 e. The van der Waals surface area contributed by atoms with Crippen molar-refractivity contribution in [1.82, 2.24) is 19.8 Å². The molecule has 8 heteroatoms. The van der Waals surface area contributed by atoms with Gasteiger partial charge in [-0.05, 0) is 53.7 Å². The van der Waals surface area contributed by atoms with E-state index in [2.05, 4.69) is 57.0 Å². The summed E-state index contributed by atoms with van der Waals surface area (Å²) in [5.74, 6) is -0.542. The van der Waals surface area contributed by atoms with Crippen LogP contribution in [-0.4, -0.2) is 83.1 Å². The van der Waals surface area contributed by atoms with Crippen LogP contribution in [0.4, 0.5) is 0 Å². The summed E-state index contributed by atoms with van der Waals surface area (Å²) in [4.78, 5) is 16.2. The van der Waals surface area contributed by atoms with Gasteiger partial charge in [0.1, 0.15) is 0 Å². The van der Waals surface area contributed by atoms with Crippen molar-refractivity contribution in [3.05, 3.63) is 77.0 Å². The molecule has 0 bridgehead atoms. The van der Waals surface area contributed by atoms with E-state index < -0.39 is 5.91 Å². The zero-order valence-corrected chi connectivity index (χ0v) is 21.9. The number of morpholine rings is 1. The fourth-order valence-electron chi connectivity index (χ4n) is 5.90. The van der Waals surface area contributed by atoms with E-state index in [-0.39, 0.29) is 12.6 Å². The number of carbonyl (C=O) groups excluding carboxylic acids is 1. The Labute approximate surface area is 224 Å². The van der Waals surface area contributed by atoms with Crippen molar-refractivity contribution in [2.45, 2.75) is 31.8 Å². The maximum atomic E-state index is 11.3. The molecule has 1 aliphatic carbocycles. The number of carbonyl (C=O) groups is 1. The Bertz CT molecular complexity index is 1260. The first-order valence-corrected chi connectivity index (χ1v) is 13.6. The molecule has 1 aliphatic heterocycles. The number of aromatic nitrogens is 1. The first kappa shape index (κ1) is 26.6. The maximum absolute atomic E-state index is 11.3. The number of fused-ring (bicyclic) bond motifs is 2. The van der Waals surface area contributed by atoms with Crippen LogP contribution < -0.4 is 5.48 Å². The average molecular weight is 519 g/mol. The molecule has 2 heterocycles. The number of aliphatic hydroxyl groups excluding tert-OH is 1. The number of para-hydroxylation sites is 1. The summed E-state index contributed by atoms with van der Waals surface area (Å²) in [5.41, 5.74) is 7.78. The highest BCUT2D eigenvalue weighted by atomic mass is 16.5. The third kappa shape index (κ3) is 6.17. The predicted molar refractivity (Wildman–Crippen MR) is 148 cm³/mol. The summed E-state index contributed by atoms with van der Waals surface area (Å²) in [6.45, 7) is 7.28. The summed E-state index contributed by atoms with van der Waals surface area (Å²) >= 11 is 0. The van der Waals surface area contributed by atoms with Crippen LogP contribution in [0, 0.1) is 0 Å². The van der Waals surface area contributed by atoms with E-state index >= 15 is 0 Å². The van der Waals surface area contributed by atoms with E-state index in [1.807, 2.05) is 6.07 Å². The summed E-state index contributed by atoms with van der Waals surface area (Å²) in [6, 6.07) is 15.2. The van der Waals surface area contributed by atoms with E-state index in [1.165, 1.54) is 33.7 Å². The fourth-order valence-corrected chi connectivity index (χ4v) is 5.90. The minimum Gasteiger partial charge on any atom is -0.395 e. The number of hydroxylamine groups is 1. The second-order valence-electron chi connectivity index (χ2n) is 10.2. The van der Waals surface area contributed by atoms with Crippen molar-refractivity contribution >= 4 is 22.9 Å². The van der Waals surface area contributed by atoms with Gasteiger partial charge >= 0.3 is 0 Å². The lowest BCUT2D eigenvalue weighted by Gasteiger charge is -2.29. The van der Waals surface area contributed by atoms with Gasteiger partial charge in [-0.1, -0.05) is 36.4 Å². The average Bonchev–Trinajstić information content (AvgIpc) is 3.54. The van der Waals surface area contributed by atoms with E-state index in [1.54, 1.807) is 11.6 Å². The Morgan fingerprint density at radius 3 is 2.79 bits per heavy atom. The number of aliphatic hydroxyl groups is 1. The summed E-state index contributed by atoms with van der Waals surface area (Å²) in [7, 11) is 0. The van der Waals surface area contributed by atoms with Crippen molar-refractivity contribution in [3.8, 4) is 0 Å². The van der Waals surface area contributed by atoms with E-state index in [0.717, 1.165) is 70.8 Å².